The highest BCUT2D eigenvalue weighted by Gasteiger charge is 2.13. The van der Waals surface area contributed by atoms with Crippen molar-refractivity contribution in [2.24, 2.45) is 0 Å². The zero-order valence-corrected chi connectivity index (χ0v) is 17.7. The first-order valence-electron chi connectivity index (χ1n) is 8.82. The van der Waals surface area contributed by atoms with Crippen molar-refractivity contribution in [3.63, 3.8) is 0 Å². The maximum absolute atomic E-state index is 12.4. The summed E-state index contributed by atoms with van der Waals surface area (Å²) in [7, 11) is 3.23. The van der Waals surface area contributed by atoms with Crippen LogP contribution in [0.5, 0.6) is 11.5 Å². The number of methoxy groups -OCH3 is 2. The van der Waals surface area contributed by atoms with E-state index >= 15 is 0 Å². The van der Waals surface area contributed by atoms with E-state index in [0.29, 0.717) is 17.3 Å². The van der Waals surface area contributed by atoms with Gasteiger partial charge in [0.1, 0.15) is 11.5 Å². The topological polar surface area (TPSA) is 60.5 Å². The summed E-state index contributed by atoms with van der Waals surface area (Å²) in [6.45, 7) is 2.12. The minimum atomic E-state index is -0.0885. The van der Waals surface area contributed by atoms with Crippen LogP contribution in [-0.2, 0) is 11.2 Å². The van der Waals surface area contributed by atoms with Gasteiger partial charge in [-0.2, -0.15) is 0 Å². The molecule has 0 aliphatic carbocycles. The lowest BCUT2D eigenvalue weighted by atomic mass is 10.1. The van der Waals surface area contributed by atoms with Crippen molar-refractivity contribution in [3.05, 3.63) is 53.4 Å². The number of ether oxygens (including phenoxy) is 2. The summed E-state index contributed by atoms with van der Waals surface area (Å²) < 4.78 is 10.7. The van der Waals surface area contributed by atoms with Crippen LogP contribution < -0.4 is 14.8 Å². The highest BCUT2D eigenvalue weighted by molar-refractivity contribution is 7.99. The van der Waals surface area contributed by atoms with Gasteiger partial charge in [-0.25, -0.2) is 4.98 Å². The maximum atomic E-state index is 12.4. The average Bonchev–Trinajstić information content (AvgIpc) is 3.17. The largest absolute Gasteiger partial charge is 0.497 e. The molecule has 1 heterocycles. The molecule has 1 N–H and O–H groups in total. The minimum Gasteiger partial charge on any atom is -0.497 e. The third kappa shape index (κ3) is 5.05. The predicted molar refractivity (Wildman–Crippen MR) is 116 cm³/mol. The van der Waals surface area contributed by atoms with Crippen LogP contribution in [0.15, 0.2) is 52.7 Å². The van der Waals surface area contributed by atoms with Crippen molar-refractivity contribution in [1.82, 2.24) is 4.98 Å². The normalized spacial score (nSPS) is 10.5. The van der Waals surface area contributed by atoms with Crippen LogP contribution in [0.4, 0.5) is 5.13 Å². The number of hydrogen-bond acceptors (Lipinski definition) is 6. The number of carbonyl (C=O) groups is 1. The molecule has 0 aliphatic rings. The van der Waals surface area contributed by atoms with Crippen LogP contribution in [-0.4, -0.2) is 30.9 Å². The van der Waals surface area contributed by atoms with Crippen LogP contribution in [0.1, 0.15) is 12.5 Å². The van der Waals surface area contributed by atoms with Gasteiger partial charge < -0.3 is 14.8 Å². The standard InChI is InChI=1S/C21H22N2O3S2/c1-4-27-16-8-5-14(6-9-16)11-20(24)23-21-22-18(13-28-21)17-12-15(25-2)7-10-19(17)26-3/h5-10,12-13H,4,11H2,1-3H3,(H,22,23,24). The third-order valence-corrected chi connectivity index (χ3v) is 5.68. The minimum absolute atomic E-state index is 0.0885. The Morgan fingerprint density at radius 1 is 1.14 bits per heavy atom. The van der Waals surface area contributed by atoms with Crippen molar-refractivity contribution >= 4 is 34.1 Å². The second kappa shape index (κ2) is 9.61. The quantitative estimate of drug-likeness (QED) is 0.518. The Morgan fingerprint density at radius 3 is 2.61 bits per heavy atom. The smallest absolute Gasteiger partial charge is 0.230 e. The number of rotatable bonds is 8. The molecule has 5 nitrogen and oxygen atoms in total. The van der Waals surface area contributed by atoms with Crippen LogP contribution in [0, 0.1) is 0 Å². The Labute approximate surface area is 173 Å². The van der Waals surface area contributed by atoms with Gasteiger partial charge in [0, 0.05) is 15.8 Å². The summed E-state index contributed by atoms with van der Waals surface area (Å²) in [5.41, 5.74) is 2.53. The molecule has 146 valence electrons. The van der Waals surface area contributed by atoms with E-state index in [0.717, 1.165) is 28.3 Å². The van der Waals surface area contributed by atoms with E-state index in [1.165, 1.54) is 16.2 Å². The lowest BCUT2D eigenvalue weighted by Gasteiger charge is -2.08. The molecule has 0 atom stereocenters. The van der Waals surface area contributed by atoms with Gasteiger partial charge in [-0.15, -0.1) is 23.1 Å². The number of nitrogens with one attached hydrogen (secondary N) is 1. The lowest BCUT2D eigenvalue weighted by Crippen LogP contribution is -2.14. The van der Waals surface area contributed by atoms with Gasteiger partial charge in [0.05, 0.1) is 26.3 Å². The van der Waals surface area contributed by atoms with E-state index < -0.39 is 0 Å². The molecule has 7 heteroatoms. The maximum Gasteiger partial charge on any atom is 0.230 e. The number of hydrogen-bond donors (Lipinski definition) is 1. The Hall–Kier alpha value is -2.51. The van der Waals surface area contributed by atoms with E-state index in [4.69, 9.17) is 9.47 Å². The number of thiazole rings is 1. The first kappa shape index (κ1) is 20.2. The van der Waals surface area contributed by atoms with E-state index in [1.807, 2.05) is 47.8 Å². The van der Waals surface area contributed by atoms with Crippen LogP contribution in [0.2, 0.25) is 0 Å². The van der Waals surface area contributed by atoms with Gasteiger partial charge in [-0.3, -0.25) is 4.79 Å². The summed E-state index contributed by atoms with van der Waals surface area (Å²) >= 11 is 3.17. The highest BCUT2D eigenvalue weighted by Crippen LogP contribution is 2.35. The predicted octanol–water partition coefficient (Wildman–Crippen LogP) is 5.12. The van der Waals surface area contributed by atoms with Gasteiger partial charge in [0.2, 0.25) is 5.91 Å². The first-order chi connectivity index (χ1) is 13.6. The number of carbonyl (C=O) groups excluding carboxylic acids is 1. The molecule has 0 saturated heterocycles. The fourth-order valence-electron chi connectivity index (χ4n) is 2.69. The number of anilines is 1. The summed E-state index contributed by atoms with van der Waals surface area (Å²) in [6.07, 6.45) is 0.314. The number of amides is 1. The SMILES string of the molecule is CCSc1ccc(CC(=O)Nc2nc(-c3cc(OC)ccc3OC)cs2)cc1. The van der Waals surface area contributed by atoms with Gasteiger partial charge >= 0.3 is 0 Å². The van der Waals surface area contributed by atoms with Gasteiger partial charge in [0.25, 0.3) is 0 Å². The van der Waals surface area contributed by atoms with E-state index in [2.05, 4.69) is 17.2 Å². The molecule has 1 aromatic heterocycles. The molecule has 0 bridgehead atoms. The zero-order valence-electron chi connectivity index (χ0n) is 16.0. The van der Waals surface area contributed by atoms with E-state index in [1.54, 1.807) is 26.0 Å². The first-order valence-corrected chi connectivity index (χ1v) is 10.7. The van der Waals surface area contributed by atoms with Gasteiger partial charge in [-0.05, 0) is 41.6 Å². The highest BCUT2D eigenvalue weighted by atomic mass is 32.2. The summed E-state index contributed by atoms with van der Waals surface area (Å²) in [4.78, 5) is 18.1. The number of thioether (sulfide) groups is 1. The Balaban J connectivity index is 1.68. The van der Waals surface area contributed by atoms with Crippen molar-refractivity contribution in [1.29, 1.82) is 0 Å². The number of nitrogens with zero attached hydrogens (tertiary/aromatic N) is 1. The van der Waals surface area contributed by atoms with Crippen molar-refractivity contribution in [3.8, 4) is 22.8 Å². The molecule has 3 aromatic rings. The summed E-state index contributed by atoms with van der Waals surface area (Å²) in [5, 5.41) is 5.33. The van der Waals surface area contributed by atoms with Crippen molar-refractivity contribution in [2.75, 3.05) is 25.3 Å². The molecule has 0 fully saturated rings. The molecule has 28 heavy (non-hydrogen) atoms. The molecule has 0 saturated carbocycles. The Bertz CT molecular complexity index is 939. The van der Waals surface area contributed by atoms with Gasteiger partial charge in [-0.1, -0.05) is 19.1 Å². The lowest BCUT2D eigenvalue weighted by molar-refractivity contribution is -0.115. The van der Waals surface area contributed by atoms with Crippen LogP contribution in [0.3, 0.4) is 0 Å². The molecule has 0 spiro atoms. The number of benzene rings is 2. The van der Waals surface area contributed by atoms with Crippen molar-refractivity contribution < 1.29 is 14.3 Å². The second-order valence-electron chi connectivity index (χ2n) is 5.91. The average molecular weight is 415 g/mol. The third-order valence-electron chi connectivity index (χ3n) is 4.03. The Morgan fingerprint density at radius 2 is 1.93 bits per heavy atom. The zero-order chi connectivity index (χ0) is 19.9. The fraction of sp³-hybridized carbons (Fsp3) is 0.238. The molecule has 2 aromatic carbocycles. The summed E-state index contributed by atoms with van der Waals surface area (Å²) in [5.74, 6) is 2.37. The molecule has 3 rings (SSSR count). The molecule has 0 aliphatic heterocycles. The molecule has 0 radical (unpaired) electrons. The van der Waals surface area contributed by atoms with E-state index in [-0.39, 0.29) is 5.91 Å². The Kier molecular flexibility index (Phi) is 6.95. The van der Waals surface area contributed by atoms with Crippen molar-refractivity contribution in [2.45, 2.75) is 18.2 Å². The summed E-state index contributed by atoms with van der Waals surface area (Å²) in [6, 6.07) is 13.6. The van der Waals surface area contributed by atoms with E-state index in [9.17, 15) is 4.79 Å². The fourth-order valence-corrected chi connectivity index (χ4v) is 4.08. The monoisotopic (exact) mass is 414 g/mol. The van der Waals surface area contributed by atoms with Crippen LogP contribution in [0.25, 0.3) is 11.3 Å². The second-order valence-corrected chi connectivity index (χ2v) is 8.10. The molecular weight excluding hydrogens is 392 g/mol. The molecule has 0 unspecified atom stereocenters. The van der Waals surface area contributed by atoms with Crippen LogP contribution >= 0.6 is 23.1 Å². The molecule has 1 amide bonds. The molecular formula is C21H22N2O3S2. The van der Waals surface area contributed by atoms with Gasteiger partial charge in [0.15, 0.2) is 5.13 Å². The number of aromatic nitrogens is 1.